The molecule has 170 valence electrons. The molecule has 0 fully saturated rings. The van der Waals surface area contributed by atoms with Crippen LogP contribution in [0.4, 0.5) is 5.69 Å². The predicted octanol–water partition coefficient (Wildman–Crippen LogP) is 2.52. The molecule has 10 heteroatoms. The normalized spacial score (nSPS) is 12.8. The molecular formula is C21H28N2O6S2. The first kappa shape index (κ1) is 24.7. The van der Waals surface area contributed by atoms with E-state index in [-0.39, 0.29) is 29.8 Å². The maximum Gasteiger partial charge on any atom is 0.232 e. The van der Waals surface area contributed by atoms with E-state index in [1.807, 2.05) is 0 Å². The van der Waals surface area contributed by atoms with Gasteiger partial charge in [0, 0.05) is 19.2 Å². The van der Waals surface area contributed by atoms with Gasteiger partial charge >= 0.3 is 0 Å². The number of sulfonamides is 1. The molecule has 31 heavy (non-hydrogen) atoms. The van der Waals surface area contributed by atoms with Crippen molar-refractivity contribution in [3.63, 3.8) is 0 Å². The van der Waals surface area contributed by atoms with Crippen molar-refractivity contribution >= 4 is 31.5 Å². The minimum atomic E-state index is -3.51. The fourth-order valence-electron chi connectivity index (χ4n) is 3.02. The fourth-order valence-corrected chi connectivity index (χ4v) is 4.61. The number of ether oxygens (including phenoxy) is 1. The van der Waals surface area contributed by atoms with E-state index in [1.165, 1.54) is 23.5 Å². The first-order valence-corrected chi connectivity index (χ1v) is 13.4. The summed E-state index contributed by atoms with van der Waals surface area (Å²) in [4.78, 5) is 12.5. The van der Waals surface area contributed by atoms with Crippen molar-refractivity contribution in [3.05, 3.63) is 54.1 Å². The number of rotatable bonds is 10. The smallest absolute Gasteiger partial charge is 0.232 e. The zero-order valence-corrected chi connectivity index (χ0v) is 19.7. The molecule has 1 N–H and O–H groups in total. The molecule has 0 aliphatic heterocycles. The van der Waals surface area contributed by atoms with Gasteiger partial charge in [-0.05, 0) is 55.3 Å². The summed E-state index contributed by atoms with van der Waals surface area (Å²) in [5.41, 5.74) is 1.28. The third-order valence-corrected chi connectivity index (χ3v) is 7.03. The van der Waals surface area contributed by atoms with Crippen LogP contribution in [0, 0.1) is 0 Å². The summed E-state index contributed by atoms with van der Waals surface area (Å²) in [7, 11) is -5.25. The first-order chi connectivity index (χ1) is 14.4. The molecule has 0 spiro atoms. The van der Waals surface area contributed by atoms with Gasteiger partial charge in [0.2, 0.25) is 15.9 Å². The van der Waals surface area contributed by atoms with E-state index in [4.69, 9.17) is 4.74 Å². The number of nitrogens with one attached hydrogen (secondary N) is 1. The third kappa shape index (κ3) is 7.25. The molecule has 2 rings (SSSR count). The van der Waals surface area contributed by atoms with Gasteiger partial charge < -0.3 is 10.1 Å². The van der Waals surface area contributed by atoms with Crippen LogP contribution in [0.1, 0.15) is 31.4 Å². The lowest BCUT2D eigenvalue weighted by molar-refractivity contribution is -0.121. The van der Waals surface area contributed by atoms with Crippen LogP contribution in [0.3, 0.4) is 0 Å². The van der Waals surface area contributed by atoms with Crippen LogP contribution in [0.25, 0.3) is 0 Å². The van der Waals surface area contributed by atoms with E-state index in [1.54, 1.807) is 43.3 Å². The lowest BCUT2D eigenvalue weighted by Gasteiger charge is -2.22. The van der Waals surface area contributed by atoms with Crippen molar-refractivity contribution in [2.24, 2.45) is 0 Å². The van der Waals surface area contributed by atoms with Gasteiger partial charge in [-0.25, -0.2) is 16.8 Å². The van der Waals surface area contributed by atoms with Gasteiger partial charge in [0.1, 0.15) is 5.75 Å². The van der Waals surface area contributed by atoms with E-state index in [0.717, 1.165) is 18.1 Å². The molecule has 2 aromatic carbocycles. The molecule has 1 atom stereocenters. The summed E-state index contributed by atoms with van der Waals surface area (Å²) in [6, 6.07) is 12.7. The summed E-state index contributed by atoms with van der Waals surface area (Å²) in [6.45, 7) is 1.96. The Balaban J connectivity index is 1.94. The van der Waals surface area contributed by atoms with Crippen molar-refractivity contribution in [2.75, 3.05) is 30.5 Å². The molecule has 0 aliphatic rings. The highest BCUT2D eigenvalue weighted by Gasteiger charge is 2.18. The van der Waals surface area contributed by atoms with E-state index >= 15 is 0 Å². The molecule has 0 heterocycles. The zero-order chi connectivity index (χ0) is 23.2. The van der Waals surface area contributed by atoms with Gasteiger partial charge in [-0.2, -0.15) is 0 Å². The number of hydrogen-bond acceptors (Lipinski definition) is 6. The summed E-state index contributed by atoms with van der Waals surface area (Å²) in [5.74, 6) is 0.401. The number of anilines is 1. The SMILES string of the molecule is COc1ccc(N(CCCC(=O)N[C@H](C)c2ccc(S(C)(=O)=O)cc2)S(C)(=O)=O)cc1. The Morgan fingerprint density at radius 2 is 1.58 bits per heavy atom. The van der Waals surface area contributed by atoms with E-state index < -0.39 is 19.9 Å². The Kier molecular flexibility index (Phi) is 8.08. The quantitative estimate of drug-likeness (QED) is 0.574. The van der Waals surface area contributed by atoms with Gasteiger partial charge in [-0.15, -0.1) is 0 Å². The summed E-state index contributed by atoms with van der Waals surface area (Å²) < 4.78 is 53.8. The number of carbonyl (C=O) groups is 1. The molecule has 0 aliphatic carbocycles. The molecule has 2 aromatic rings. The van der Waals surface area contributed by atoms with Crippen LogP contribution in [0.15, 0.2) is 53.4 Å². The second kappa shape index (κ2) is 10.1. The monoisotopic (exact) mass is 468 g/mol. The maximum atomic E-state index is 12.3. The molecule has 8 nitrogen and oxygen atoms in total. The van der Waals surface area contributed by atoms with Gasteiger partial charge in [-0.3, -0.25) is 9.10 Å². The average Bonchev–Trinajstić information content (AvgIpc) is 2.70. The summed E-state index contributed by atoms with van der Waals surface area (Å²) in [6.07, 6.45) is 2.75. The van der Waals surface area contributed by atoms with Gasteiger partial charge in [-0.1, -0.05) is 12.1 Å². The third-order valence-electron chi connectivity index (χ3n) is 4.71. The summed E-state index contributed by atoms with van der Waals surface area (Å²) >= 11 is 0. The number of methoxy groups -OCH3 is 1. The Morgan fingerprint density at radius 1 is 1.00 bits per heavy atom. The molecule has 0 unspecified atom stereocenters. The molecular weight excluding hydrogens is 440 g/mol. The van der Waals surface area contributed by atoms with Gasteiger partial charge in [0.15, 0.2) is 9.84 Å². The van der Waals surface area contributed by atoms with Crippen molar-refractivity contribution in [3.8, 4) is 5.75 Å². The van der Waals surface area contributed by atoms with Gasteiger partial charge in [0.05, 0.1) is 30.0 Å². The number of amides is 1. The number of benzene rings is 2. The van der Waals surface area contributed by atoms with Crippen LogP contribution in [-0.2, 0) is 24.7 Å². The van der Waals surface area contributed by atoms with Crippen molar-refractivity contribution < 1.29 is 26.4 Å². The van der Waals surface area contributed by atoms with Crippen LogP contribution >= 0.6 is 0 Å². The van der Waals surface area contributed by atoms with E-state index in [2.05, 4.69) is 5.32 Å². The Bertz CT molecular complexity index is 1100. The Hall–Kier alpha value is -2.59. The highest BCUT2D eigenvalue weighted by molar-refractivity contribution is 7.92. The predicted molar refractivity (Wildman–Crippen MR) is 121 cm³/mol. The topological polar surface area (TPSA) is 110 Å². The Labute approximate surface area is 184 Å². The minimum absolute atomic E-state index is 0.147. The van der Waals surface area contributed by atoms with Crippen LogP contribution in [0.5, 0.6) is 5.75 Å². The van der Waals surface area contributed by atoms with E-state index in [0.29, 0.717) is 17.9 Å². The number of hydrogen-bond donors (Lipinski definition) is 1. The maximum absolute atomic E-state index is 12.3. The molecule has 0 radical (unpaired) electrons. The minimum Gasteiger partial charge on any atom is -0.497 e. The molecule has 0 saturated carbocycles. The zero-order valence-electron chi connectivity index (χ0n) is 18.0. The Morgan fingerprint density at radius 3 is 2.06 bits per heavy atom. The van der Waals surface area contributed by atoms with Crippen molar-refractivity contribution in [2.45, 2.75) is 30.7 Å². The van der Waals surface area contributed by atoms with E-state index in [9.17, 15) is 21.6 Å². The highest BCUT2D eigenvalue weighted by Crippen LogP contribution is 2.22. The largest absolute Gasteiger partial charge is 0.497 e. The average molecular weight is 469 g/mol. The second-order valence-electron chi connectivity index (χ2n) is 7.27. The van der Waals surface area contributed by atoms with Gasteiger partial charge in [0.25, 0.3) is 0 Å². The number of nitrogens with zero attached hydrogens (tertiary/aromatic N) is 1. The van der Waals surface area contributed by atoms with Crippen molar-refractivity contribution in [1.82, 2.24) is 5.32 Å². The highest BCUT2D eigenvalue weighted by atomic mass is 32.2. The van der Waals surface area contributed by atoms with Crippen LogP contribution < -0.4 is 14.4 Å². The lowest BCUT2D eigenvalue weighted by Crippen LogP contribution is -2.32. The lowest BCUT2D eigenvalue weighted by atomic mass is 10.1. The first-order valence-electron chi connectivity index (χ1n) is 9.63. The number of sulfone groups is 1. The molecule has 0 bridgehead atoms. The second-order valence-corrected chi connectivity index (χ2v) is 11.2. The van der Waals surface area contributed by atoms with Crippen molar-refractivity contribution in [1.29, 1.82) is 0 Å². The molecule has 0 aromatic heterocycles. The summed E-state index contributed by atoms with van der Waals surface area (Å²) in [5, 5.41) is 2.85. The number of carbonyl (C=O) groups excluding carboxylic acids is 1. The van der Waals surface area contributed by atoms with Crippen LogP contribution in [0.2, 0.25) is 0 Å². The van der Waals surface area contributed by atoms with Crippen LogP contribution in [-0.4, -0.2) is 48.9 Å². The fraction of sp³-hybridized carbons (Fsp3) is 0.381. The molecule has 0 saturated heterocycles. The molecule has 1 amide bonds. The standard InChI is InChI=1S/C21H28N2O6S2/c1-16(17-7-13-20(14-8-17)30(3,25)26)22-21(24)6-5-15-23(31(4,27)28)18-9-11-19(29-2)12-10-18/h7-14,16H,5-6,15H2,1-4H3,(H,22,24)/t16-/m1/s1.